The first-order valence-corrected chi connectivity index (χ1v) is 6.66. The van der Waals surface area contributed by atoms with E-state index in [0.29, 0.717) is 6.54 Å². The Morgan fingerprint density at radius 1 is 1.43 bits per heavy atom. The minimum absolute atomic E-state index is 0.0485. The van der Waals surface area contributed by atoms with Gasteiger partial charge in [-0.15, -0.1) is 0 Å². The van der Waals surface area contributed by atoms with Gasteiger partial charge in [0.15, 0.2) is 9.84 Å². The Balaban J connectivity index is 2.72. The predicted octanol–water partition coefficient (Wildman–Crippen LogP) is 0.288. The zero-order valence-electron chi connectivity index (χ0n) is 8.86. The summed E-state index contributed by atoms with van der Waals surface area (Å²) in [6, 6.07) is -0.177. The van der Waals surface area contributed by atoms with E-state index < -0.39 is 9.84 Å². The van der Waals surface area contributed by atoms with Gasteiger partial charge in [-0.3, -0.25) is 4.79 Å². The number of hydrogen-bond donors (Lipinski definition) is 0. The van der Waals surface area contributed by atoms with Crippen molar-refractivity contribution in [2.24, 2.45) is 5.92 Å². The fourth-order valence-corrected chi connectivity index (χ4v) is 3.21. The molecule has 0 saturated carbocycles. The van der Waals surface area contributed by atoms with Crippen LogP contribution in [0.5, 0.6) is 0 Å². The van der Waals surface area contributed by atoms with Crippen molar-refractivity contribution in [3.63, 3.8) is 0 Å². The van der Waals surface area contributed by atoms with Crippen LogP contribution in [0, 0.1) is 5.92 Å². The molecule has 1 heterocycles. The van der Waals surface area contributed by atoms with Gasteiger partial charge in [-0.1, -0.05) is 13.8 Å². The van der Waals surface area contributed by atoms with E-state index in [-0.39, 0.29) is 29.4 Å². The minimum atomic E-state index is -2.92. The molecule has 1 fully saturated rings. The van der Waals surface area contributed by atoms with Crippen LogP contribution in [-0.4, -0.2) is 43.3 Å². The summed E-state index contributed by atoms with van der Waals surface area (Å²) in [5, 5.41) is 0. The summed E-state index contributed by atoms with van der Waals surface area (Å²) in [6.45, 7) is 5.80. The maximum atomic E-state index is 11.7. The lowest BCUT2D eigenvalue weighted by Crippen LogP contribution is -2.51. The summed E-state index contributed by atoms with van der Waals surface area (Å²) in [5.41, 5.74) is 0. The minimum Gasteiger partial charge on any atom is -0.338 e. The van der Waals surface area contributed by atoms with E-state index in [1.165, 1.54) is 0 Å². The molecule has 1 amide bonds. The van der Waals surface area contributed by atoms with Gasteiger partial charge >= 0.3 is 0 Å². The molecule has 1 atom stereocenters. The van der Waals surface area contributed by atoms with Crippen molar-refractivity contribution in [2.45, 2.75) is 26.8 Å². The molecule has 0 aromatic rings. The molecule has 0 spiro atoms. The van der Waals surface area contributed by atoms with Crippen LogP contribution in [0.1, 0.15) is 20.8 Å². The van der Waals surface area contributed by atoms with Crippen molar-refractivity contribution in [3.8, 4) is 0 Å². The first-order valence-electron chi connectivity index (χ1n) is 4.84. The predicted molar refractivity (Wildman–Crippen MR) is 54.7 cm³/mol. The molecule has 1 rings (SSSR count). The van der Waals surface area contributed by atoms with Crippen molar-refractivity contribution in [1.82, 2.24) is 4.90 Å². The molecular weight excluding hydrogens is 202 g/mol. The standard InChI is InChI=1S/C9H17NO3S/c1-7(2)9(11)10-4-5-14(12,13)6-8(10)3/h7-8H,4-6H2,1-3H3. The van der Waals surface area contributed by atoms with E-state index in [4.69, 9.17) is 0 Å². The fraction of sp³-hybridized carbons (Fsp3) is 0.889. The largest absolute Gasteiger partial charge is 0.338 e. The molecule has 14 heavy (non-hydrogen) atoms. The van der Waals surface area contributed by atoms with Crippen LogP contribution in [-0.2, 0) is 14.6 Å². The summed E-state index contributed by atoms with van der Waals surface area (Å²) in [7, 11) is -2.92. The highest BCUT2D eigenvalue weighted by Gasteiger charge is 2.31. The second-order valence-electron chi connectivity index (χ2n) is 4.15. The smallest absolute Gasteiger partial charge is 0.225 e. The van der Waals surface area contributed by atoms with Gasteiger partial charge in [0, 0.05) is 18.5 Å². The molecule has 0 aliphatic carbocycles. The topological polar surface area (TPSA) is 54.5 Å². The summed E-state index contributed by atoms with van der Waals surface area (Å²) in [4.78, 5) is 13.3. The lowest BCUT2D eigenvalue weighted by atomic mass is 10.1. The zero-order valence-corrected chi connectivity index (χ0v) is 9.67. The highest BCUT2D eigenvalue weighted by Crippen LogP contribution is 2.14. The second-order valence-corrected chi connectivity index (χ2v) is 6.38. The maximum absolute atomic E-state index is 11.7. The normalized spacial score (nSPS) is 26.6. The van der Waals surface area contributed by atoms with E-state index >= 15 is 0 Å². The Morgan fingerprint density at radius 2 is 2.00 bits per heavy atom. The SMILES string of the molecule is CC(C)C(=O)N1CCS(=O)(=O)CC1C. The van der Waals surface area contributed by atoms with Gasteiger partial charge in [0.25, 0.3) is 0 Å². The van der Waals surface area contributed by atoms with Gasteiger partial charge in [-0.2, -0.15) is 0 Å². The van der Waals surface area contributed by atoms with E-state index in [0.717, 1.165) is 0 Å². The molecule has 1 saturated heterocycles. The van der Waals surface area contributed by atoms with Crippen molar-refractivity contribution in [1.29, 1.82) is 0 Å². The highest BCUT2D eigenvalue weighted by atomic mass is 32.2. The van der Waals surface area contributed by atoms with Crippen molar-refractivity contribution >= 4 is 15.7 Å². The van der Waals surface area contributed by atoms with Crippen molar-refractivity contribution < 1.29 is 13.2 Å². The first kappa shape index (κ1) is 11.5. The lowest BCUT2D eigenvalue weighted by molar-refractivity contribution is -0.135. The van der Waals surface area contributed by atoms with Gasteiger partial charge in [-0.05, 0) is 6.92 Å². The molecule has 1 unspecified atom stereocenters. The van der Waals surface area contributed by atoms with Crippen LogP contribution in [0.4, 0.5) is 0 Å². The Hall–Kier alpha value is -0.580. The van der Waals surface area contributed by atoms with Crippen LogP contribution in [0.15, 0.2) is 0 Å². The second kappa shape index (κ2) is 3.88. The maximum Gasteiger partial charge on any atom is 0.225 e. The molecule has 82 valence electrons. The van der Waals surface area contributed by atoms with Gasteiger partial charge in [0.2, 0.25) is 5.91 Å². The van der Waals surface area contributed by atoms with Gasteiger partial charge < -0.3 is 4.90 Å². The van der Waals surface area contributed by atoms with E-state index in [1.54, 1.807) is 11.8 Å². The van der Waals surface area contributed by atoms with E-state index in [1.807, 2.05) is 13.8 Å². The third kappa shape index (κ3) is 2.47. The number of nitrogens with zero attached hydrogens (tertiary/aromatic N) is 1. The van der Waals surface area contributed by atoms with E-state index in [9.17, 15) is 13.2 Å². The van der Waals surface area contributed by atoms with Crippen LogP contribution in [0.25, 0.3) is 0 Å². The molecule has 1 aliphatic heterocycles. The van der Waals surface area contributed by atoms with Crippen LogP contribution < -0.4 is 0 Å². The highest BCUT2D eigenvalue weighted by molar-refractivity contribution is 7.91. The molecule has 0 radical (unpaired) electrons. The molecular formula is C9H17NO3S. The molecule has 0 bridgehead atoms. The number of rotatable bonds is 1. The number of sulfone groups is 1. The van der Waals surface area contributed by atoms with Gasteiger partial charge in [0.05, 0.1) is 11.5 Å². The molecule has 0 aromatic carbocycles. The van der Waals surface area contributed by atoms with Crippen LogP contribution in [0.2, 0.25) is 0 Å². The Bertz CT molecular complexity index is 321. The average molecular weight is 219 g/mol. The van der Waals surface area contributed by atoms with Crippen molar-refractivity contribution in [3.05, 3.63) is 0 Å². The Morgan fingerprint density at radius 3 is 2.43 bits per heavy atom. The number of carbonyl (C=O) groups is 1. The summed E-state index contributed by atoms with van der Waals surface area (Å²) >= 11 is 0. The van der Waals surface area contributed by atoms with Gasteiger partial charge in [0.1, 0.15) is 0 Å². The first-order chi connectivity index (χ1) is 6.33. The third-order valence-electron chi connectivity index (χ3n) is 2.45. The molecule has 0 N–H and O–H groups in total. The Kier molecular flexibility index (Phi) is 3.19. The van der Waals surface area contributed by atoms with Gasteiger partial charge in [-0.25, -0.2) is 8.42 Å². The van der Waals surface area contributed by atoms with E-state index in [2.05, 4.69) is 0 Å². The fourth-order valence-electron chi connectivity index (χ4n) is 1.66. The third-order valence-corrected chi connectivity index (χ3v) is 4.24. The lowest BCUT2D eigenvalue weighted by Gasteiger charge is -2.34. The Labute approximate surface area is 85.2 Å². The number of amides is 1. The average Bonchev–Trinajstić information content (AvgIpc) is 2.01. The van der Waals surface area contributed by atoms with Crippen LogP contribution in [0.3, 0.4) is 0 Å². The van der Waals surface area contributed by atoms with Crippen LogP contribution >= 0.6 is 0 Å². The quantitative estimate of drug-likeness (QED) is 0.637. The summed E-state index contributed by atoms with van der Waals surface area (Å²) in [5.74, 6) is 0.201. The summed E-state index contributed by atoms with van der Waals surface area (Å²) in [6.07, 6.45) is 0. The molecule has 1 aliphatic rings. The zero-order chi connectivity index (χ0) is 10.9. The molecule has 4 nitrogen and oxygen atoms in total. The molecule has 5 heteroatoms. The number of carbonyl (C=O) groups excluding carboxylic acids is 1. The summed E-state index contributed by atoms with van der Waals surface area (Å²) < 4.78 is 22.5. The van der Waals surface area contributed by atoms with Crippen molar-refractivity contribution in [2.75, 3.05) is 18.1 Å². The molecule has 0 aromatic heterocycles. The monoisotopic (exact) mass is 219 g/mol. The number of hydrogen-bond acceptors (Lipinski definition) is 3.